The largest absolute Gasteiger partial charge is 0.550 e. The molecule has 4 nitrogen and oxygen atoms in total. The van der Waals surface area contributed by atoms with Gasteiger partial charge in [-0.1, -0.05) is 22.5 Å². The summed E-state index contributed by atoms with van der Waals surface area (Å²) in [6.07, 6.45) is -5.16. The molecule has 0 saturated carbocycles. The molecule has 0 heterocycles. The summed E-state index contributed by atoms with van der Waals surface area (Å²) in [4.78, 5) is 2.34. The van der Waals surface area contributed by atoms with Crippen LogP contribution in [0.2, 0.25) is 0 Å². The Hall–Kier alpha value is -1.12. The van der Waals surface area contributed by atoms with E-state index in [-0.39, 0.29) is 0 Å². The number of hydrogen-bond donors (Lipinski definition) is 0. The summed E-state index contributed by atoms with van der Waals surface area (Å²) in [6.45, 7) is 0. The van der Waals surface area contributed by atoms with Gasteiger partial charge in [-0.05, 0) is 12.1 Å². The maximum Gasteiger partial charge on any atom is 0.550 e. The third kappa shape index (κ3) is 3.86. The molecule has 0 spiro atoms. The molecule has 0 unspecified atom stereocenters. The van der Waals surface area contributed by atoms with Gasteiger partial charge in [-0.25, -0.2) is 0 Å². The molecule has 0 aromatic heterocycles. The lowest BCUT2D eigenvalue weighted by Crippen LogP contribution is -2.17. The first-order valence-electron chi connectivity index (χ1n) is 3.55. The molecule has 0 fully saturated rings. The molecule has 0 radical (unpaired) electrons. The summed E-state index contributed by atoms with van der Waals surface area (Å²) in [7, 11) is -4.54. The van der Waals surface area contributed by atoms with Gasteiger partial charge in [-0.2, -0.15) is 8.42 Å². The van der Waals surface area contributed by atoms with Gasteiger partial charge in [-0.15, -0.1) is 18.1 Å². The second-order valence-electron chi connectivity index (χ2n) is 2.36. The second kappa shape index (κ2) is 4.17. The summed E-state index contributed by atoms with van der Waals surface area (Å²) >= 11 is 0. The molecule has 1 rings (SSSR count). The highest BCUT2D eigenvalue weighted by molar-refractivity contribution is 7.86. The molecular weight excluding hydrogens is 237 g/mol. The number of benzene rings is 1. The molecule has 1 aromatic rings. The van der Waals surface area contributed by atoms with Crippen LogP contribution in [0.15, 0.2) is 35.2 Å². The lowest BCUT2D eigenvalue weighted by atomic mass is 10.4. The van der Waals surface area contributed by atoms with Crippen molar-refractivity contribution in [3.05, 3.63) is 30.3 Å². The molecule has 0 saturated heterocycles. The Morgan fingerprint density at radius 3 is 2.07 bits per heavy atom. The minimum absolute atomic E-state index is 0.422. The summed E-state index contributed by atoms with van der Waals surface area (Å²) in [5.74, 6) is 0. The molecule has 1 aromatic carbocycles. The van der Waals surface area contributed by atoms with E-state index >= 15 is 0 Å². The van der Waals surface area contributed by atoms with Crippen LogP contribution in [0.5, 0.6) is 0 Å². The lowest BCUT2D eigenvalue weighted by molar-refractivity contribution is -0.443. The fraction of sp³-hybridized carbons (Fsp3) is 0.143. The van der Waals surface area contributed by atoms with Gasteiger partial charge in [0.1, 0.15) is 0 Å². The van der Waals surface area contributed by atoms with Crippen molar-refractivity contribution >= 4 is 10.1 Å². The standard InChI is InChI=1S/C7H5F3O4S/c8-7(9,10)13-14-15(11,12)6-4-2-1-3-5-6/h1-5H. The van der Waals surface area contributed by atoms with Gasteiger partial charge in [-0.3, -0.25) is 0 Å². The summed E-state index contributed by atoms with van der Waals surface area (Å²) < 4.78 is 59.9. The SMILES string of the molecule is O=S(=O)(OOC(F)(F)F)c1ccccc1. The molecule has 0 N–H and O–H groups in total. The first kappa shape index (κ1) is 12.0. The van der Waals surface area contributed by atoms with E-state index < -0.39 is 21.4 Å². The van der Waals surface area contributed by atoms with Crippen molar-refractivity contribution in [1.82, 2.24) is 0 Å². The van der Waals surface area contributed by atoms with E-state index in [0.717, 1.165) is 12.1 Å². The topological polar surface area (TPSA) is 52.6 Å². The van der Waals surface area contributed by atoms with E-state index in [0.29, 0.717) is 0 Å². The predicted molar refractivity (Wildman–Crippen MR) is 41.9 cm³/mol. The maximum atomic E-state index is 11.5. The van der Waals surface area contributed by atoms with Crippen LogP contribution in [0.25, 0.3) is 0 Å². The third-order valence-electron chi connectivity index (χ3n) is 1.25. The van der Waals surface area contributed by atoms with Gasteiger partial charge in [0, 0.05) is 0 Å². The zero-order valence-corrected chi connectivity index (χ0v) is 7.88. The van der Waals surface area contributed by atoms with Crippen molar-refractivity contribution in [2.24, 2.45) is 0 Å². The average Bonchev–Trinajstić information content (AvgIpc) is 2.16. The van der Waals surface area contributed by atoms with E-state index in [1.165, 1.54) is 18.2 Å². The molecule has 8 heteroatoms. The van der Waals surface area contributed by atoms with Gasteiger partial charge in [0.05, 0.1) is 4.90 Å². The number of rotatable bonds is 3. The Bertz CT molecular complexity index is 412. The molecule has 15 heavy (non-hydrogen) atoms. The van der Waals surface area contributed by atoms with Crippen LogP contribution in [-0.4, -0.2) is 14.8 Å². The quantitative estimate of drug-likeness (QED) is 0.599. The fourth-order valence-corrected chi connectivity index (χ4v) is 1.45. The Balaban J connectivity index is 2.78. The first-order chi connectivity index (χ1) is 6.81. The highest BCUT2D eigenvalue weighted by Crippen LogP contribution is 2.20. The monoisotopic (exact) mass is 242 g/mol. The van der Waals surface area contributed by atoms with E-state index in [1.807, 2.05) is 0 Å². The predicted octanol–water partition coefficient (Wildman–Crippen LogP) is 1.84. The van der Waals surface area contributed by atoms with Crippen molar-refractivity contribution in [1.29, 1.82) is 0 Å². The second-order valence-corrected chi connectivity index (χ2v) is 3.88. The van der Waals surface area contributed by atoms with E-state index in [9.17, 15) is 21.6 Å². The summed E-state index contributed by atoms with van der Waals surface area (Å²) in [6, 6.07) is 6.33. The number of halogens is 3. The van der Waals surface area contributed by atoms with Crippen LogP contribution in [0.3, 0.4) is 0 Å². The van der Waals surface area contributed by atoms with Crippen molar-refractivity contribution in [2.45, 2.75) is 11.3 Å². The summed E-state index contributed by atoms with van der Waals surface area (Å²) in [5.41, 5.74) is 0. The van der Waals surface area contributed by atoms with Crippen LogP contribution in [0.1, 0.15) is 0 Å². The van der Waals surface area contributed by atoms with Crippen LogP contribution in [0.4, 0.5) is 13.2 Å². The minimum atomic E-state index is -5.16. The smallest absolute Gasteiger partial charge is 0.192 e. The highest BCUT2D eigenvalue weighted by atomic mass is 32.2. The molecular formula is C7H5F3O4S. The first-order valence-corrected chi connectivity index (χ1v) is 4.96. The van der Waals surface area contributed by atoms with Crippen LogP contribution in [-0.2, 0) is 19.3 Å². The minimum Gasteiger partial charge on any atom is -0.192 e. The number of alkyl halides is 3. The molecule has 0 aliphatic rings. The van der Waals surface area contributed by atoms with Gasteiger partial charge < -0.3 is 0 Å². The van der Waals surface area contributed by atoms with Gasteiger partial charge in [0.15, 0.2) is 0 Å². The van der Waals surface area contributed by atoms with Crippen molar-refractivity contribution in [3.63, 3.8) is 0 Å². The molecule has 0 bridgehead atoms. The highest BCUT2D eigenvalue weighted by Gasteiger charge is 2.34. The van der Waals surface area contributed by atoms with Crippen LogP contribution in [0, 0.1) is 0 Å². The summed E-state index contributed by atoms with van der Waals surface area (Å²) in [5, 5.41) is 0. The Labute approximate surface area is 83.3 Å². The van der Waals surface area contributed by atoms with Crippen molar-refractivity contribution in [2.75, 3.05) is 0 Å². The van der Waals surface area contributed by atoms with Crippen LogP contribution >= 0.6 is 0 Å². The lowest BCUT2D eigenvalue weighted by Gasteiger charge is -2.06. The molecule has 0 atom stereocenters. The van der Waals surface area contributed by atoms with E-state index in [2.05, 4.69) is 9.22 Å². The normalized spacial score (nSPS) is 12.7. The average molecular weight is 242 g/mol. The molecule has 0 aliphatic heterocycles. The Morgan fingerprint density at radius 1 is 1.07 bits per heavy atom. The van der Waals surface area contributed by atoms with Gasteiger partial charge in [0.2, 0.25) is 0 Å². The fourth-order valence-electron chi connectivity index (χ4n) is 0.710. The van der Waals surface area contributed by atoms with Crippen LogP contribution < -0.4 is 0 Å². The molecule has 84 valence electrons. The van der Waals surface area contributed by atoms with Crippen molar-refractivity contribution < 1.29 is 30.8 Å². The van der Waals surface area contributed by atoms with E-state index in [4.69, 9.17) is 0 Å². The van der Waals surface area contributed by atoms with Gasteiger partial charge in [0.25, 0.3) is 0 Å². The zero-order chi connectivity index (χ0) is 11.5. The maximum absolute atomic E-state index is 11.5. The number of hydrogen-bond acceptors (Lipinski definition) is 4. The van der Waals surface area contributed by atoms with Crippen molar-refractivity contribution in [3.8, 4) is 0 Å². The molecule has 0 amide bonds. The Kier molecular flexibility index (Phi) is 3.32. The van der Waals surface area contributed by atoms with E-state index in [1.54, 1.807) is 0 Å². The molecule has 0 aliphatic carbocycles. The Morgan fingerprint density at radius 2 is 1.60 bits per heavy atom. The van der Waals surface area contributed by atoms with Gasteiger partial charge >= 0.3 is 16.5 Å². The third-order valence-corrected chi connectivity index (χ3v) is 2.35. The zero-order valence-electron chi connectivity index (χ0n) is 7.06.